The molecule has 1 aromatic carbocycles. The summed E-state index contributed by atoms with van der Waals surface area (Å²) in [6.07, 6.45) is 7.07. The van der Waals surface area contributed by atoms with Gasteiger partial charge in [-0.15, -0.1) is 0 Å². The largest absolute Gasteiger partial charge is 0.497 e. The van der Waals surface area contributed by atoms with E-state index < -0.39 is 0 Å². The molecule has 3 rings (SSSR count). The first-order valence-corrected chi connectivity index (χ1v) is 7.21. The lowest BCUT2D eigenvalue weighted by Gasteiger charge is -2.36. The van der Waals surface area contributed by atoms with Gasteiger partial charge in [0.15, 0.2) is 0 Å². The Bertz CT molecular complexity index is 532. The number of ether oxygens (including phenoxy) is 1. The highest BCUT2D eigenvalue weighted by molar-refractivity contribution is 5.32. The zero-order valence-corrected chi connectivity index (χ0v) is 11.8. The molecular formula is C16H21N3O. The Balaban J connectivity index is 1.42. The number of hydrogen-bond donors (Lipinski definition) is 2. The summed E-state index contributed by atoms with van der Waals surface area (Å²) in [6, 6.07) is 9.07. The first kappa shape index (κ1) is 13.2. The molecule has 4 nitrogen and oxygen atoms in total. The number of hydrogen-bond acceptors (Lipinski definition) is 3. The molecule has 0 spiro atoms. The van der Waals surface area contributed by atoms with Crippen molar-refractivity contribution in [2.45, 2.75) is 31.2 Å². The van der Waals surface area contributed by atoms with Gasteiger partial charge in [-0.1, -0.05) is 12.1 Å². The average Bonchev–Trinajstić information content (AvgIpc) is 2.94. The molecule has 2 N–H and O–H groups in total. The number of aromatic nitrogens is 2. The predicted octanol–water partition coefficient (Wildman–Crippen LogP) is 2.50. The lowest BCUT2D eigenvalue weighted by Crippen LogP contribution is -2.41. The topological polar surface area (TPSA) is 49.9 Å². The van der Waals surface area contributed by atoms with Crippen LogP contribution in [-0.2, 0) is 6.42 Å². The van der Waals surface area contributed by atoms with Crippen LogP contribution in [0.5, 0.6) is 5.75 Å². The van der Waals surface area contributed by atoms with E-state index in [9.17, 15) is 0 Å². The van der Waals surface area contributed by atoms with Crippen LogP contribution in [0.2, 0.25) is 0 Å². The van der Waals surface area contributed by atoms with E-state index in [4.69, 9.17) is 4.74 Å². The summed E-state index contributed by atoms with van der Waals surface area (Å²) in [6.45, 7) is 0.989. The molecule has 2 aromatic rings. The first-order chi connectivity index (χ1) is 9.85. The fourth-order valence-electron chi connectivity index (χ4n) is 2.78. The third-order valence-corrected chi connectivity index (χ3v) is 4.05. The number of imidazole rings is 1. The summed E-state index contributed by atoms with van der Waals surface area (Å²) in [4.78, 5) is 7.36. The number of aromatic amines is 1. The molecular weight excluding hydrogens is 250 g/mol. The zero-order valence-electron chi connectivity index (χ0n) is 11.8. The highest BCUT2D eigenvalue weighted by Crippen LogP contribution is 2.37. The third-order valence-electron chi connectivity index (χ3n) is 4.05. The van der Waals surface area contributed by atoms with E-state index >= 15 is 0 Å². The van der Waals surface area contributed by atoms with Gasteiger partial charge >= 0.3 is 0 Å². The van der Waals surface area contributed by atoms with Crippen molar-refractivity contribution in [3.63, 3.8) is 0 Å². The van der Waals surface area contributed by atoms with Gasteiger partial charge in [0.05, 0.1) is 7.11 Å². The molecule has 0 unspecified atom stereocenters. The summed E-state index contributed by atoms with van der Waals surface area (Å²) >= 11 is 0. The van der Waals surface area contributed by atoms with Crippen LogP contribution in [0.25, 0.3) is 0 Å². The monoisotopic (exact) mass is 271 g/mol. The standard InChI is InChI=1S/C16H21N3O/c1-20-15-4-2-3-12(11-15)13-9-14(10-13)17-6-5-16-18-7-8-19-16/h2-4,7-8,11,13-14,17H,5-6,9-10H2,1H3,(H,18,19). The minimum atomic E-state index is 0.640. The van der Waals surface area contributed by atoms with Crippen LogP contribution >= 0.6 is 0 Å². The van der Waals surface area contributed by atoms with Crippen molar-refractivity contribution in [1.82, 2.24) is 15.3 Å². The van der Waals surface area contributed by atoms with Crippen molar-refractivity contribution < 1.29 is 4.74 Å². The van der Waals surface area contributed by atoms with Gasteiger partial charge in [0.2, 0.25) is 0 Å². The zero-order chi connectivity index (χ0) is 13.8. The average molecular weight is 271 g/mol. The number of nitrogens with one attached hydrogen (secondary N) is 2. The van der Waals surface area contributed by atoms with Crippen LogP contribution in [0.1, 0.15) is 30.1 Å². The van der Waals surface area contributed by atoms with E-state index in [1.54, 1.807) is 13.3 Å². The van der Waals surface area contributed by atoms with Gasteiger partial charge in [-0.3, -0.25) is 0 Å². The van der Waals surface area contributed by atoms with E-state index in [0.29, 0.717) is 12.0 Å². The minimum absolute atomic E-state index is 0.640. The molecule has 1 heterocycles. The second kappa shape index (κ2) is 6.09. The van der Waals surface area contributed by atoms with Gasteiger partial charge in [0, 0.05) is 31.4 Å². The Hall–Kier alpha value is -1.81. The summed E-state index contributed by atoms with van der Waals surface area (Å²) in [5.74, 6) is 2.68. The Morgan fingerprint density at radius 3 is 3.05 bits per heavy atom. The SMILES string of the molecule is COc1cccc(C2CC(NCCc3ncc[nH]3)C2)c1. The van der Waals surface area contributed by atoms with Gasteiger partial charge in [0.1, 0.15) is 11.6 Å². The van der Waals surface area contributed by atoms with Crippen molar-refractivity contribution in [3.8, 4) is 5.75 Å². The molecule has 4 heteroatoms. The van der Waals surface area contributed by atoms with Crippen molar-refractivity contribution in [3.05, 3.63) is 48.0 Å². The van der Waals surface area contributed by atoms with Crippen molar-refractivity contribution in [2.24, 2.45) is 0 Å². The molecule has 1 saturated carbocycles. The second-order valence-corrected chi connectivity index (χ2v) is 5.38. The second-order valence-electron chi connectivity index (χ2n) is 5.38. The molecule has 0 saturated heterocycles. The number of nitrogens with zero attached hydrogens (tertiary/aromatic N) is 1. The van der Waals surface area contributed by atoms with Crippen LogP contribution < -0.4 is 10.1 Å². The number of methoxy groups -OCH3 is 1. The Morgan fingerprint density at radius 1 is 1.40 bits per heavy atom. The van der Waals surface area contributed by atoms with Gasteiger partial charge in [0.25, 0.3) is 0 Å². The molecule has 1 aliphatic rings. The van der Waals surface area contributed by atoms with E-state index in [0.717, 1.165) is 24.5 Å². The van der Waals surface area contributed by atoms with Gasteiger partial charge in [-0.2, -0.15) is 0 Å². The fraction of sp³-hybridized carbons (Fsp3) is 0.438. The molecule has 20 heavy (non-hydrogen) atoms. The molecule has 0 bridgehead atoms. The van der Waals surface area contributed by atoms with E-state index in [-0.39, 0.29) is 0 Å². The van der Waals surface area contributed by atoms with Crippen LogP contribution in [-0.4, -0.2) is 29.7 Å². The minimum Gasteiger partial charge on any atom is -0.497 e. The molecule has 1 aliphatic carbocycles. The molecule has 0 amide bonds. The van der Waals surface area contributed by atoms with Crippen molar-refractivity contribution in [1.29, 1.82) is 0 Å². The summed E-state index contributed by atoms with van der Waals surface area (Å²) in [5.41, 5.74) is 1.40. The summed E-state index contributed by atoms with van der Waals surface area (Å²) in [5, 5.41) is 3.59. The number of benzene rings is 1. The van der Waals surface area contributed by atoms with Crippen molar-refractivity contribution in [2.75, 3.05) is 13.7 Å². The lowest BCUT2D eigenvalue weighted by atomic mass is 9.76. The molecule has 0 aliphatic heterocycles. The molecule has 106 valence electrons. The van der Waals surface area contributed by atoms with Crippen molar-refractivity contribution >= 4 is 0 Å². The van der Waals surface area contributed by atoms with Crippen LogP contribution in [0.4, 0.5) is 0 Å². The quantitative estimate of drug-likeness (QED) is 0.848. The summed E-state index contributed by atoms with van der Waals surface area (Å²) < 4.78 is 5.28. The van der Waals surface area contributed by atoms with E-state index in [2.05, 4.69) is 33.5 Å². The normalized spacial score (nSPS) is 21.4. The Morgan fingerprint density at radius 2 is 2.30 bits per heavy atom. The highest BCUT2D eigenvalue weighted by Gasteiger charge is 2.29. The number of H-pyrrole nitrogens is 1. The van der Waals surface area contributed by atoms with Crippen LogP contribution in [0.3, 0.4) is 0 Å². The predicted molar refractivity (Wildman–Crippen MR) is 79.1 cm³/mol. The lowest BCUT2D eigenvalue weighted by molar-refractivity contribution is 0.291. The van der Waals surface area contributed by atoms with Gasteiger partial charge in [-0.25, -0.2) is 4.98 Å². The number of rotatable bonds is 6. The highest BCUT2D eigenvalue weighted by atomic mass is 16.5. The summed E-state index contributed by atoms with van der Waals surface area (Å²) in [7, 11) is 1.72. The molecule has 0 radical (unpaired) electrons. The van der Waals surface area contributed by atoms with Crippen LogP contribution in [0, 0.1) is 0 Å². The third kappa shape index (κ3) is 3.02. The maximum absolute atomic E-state index is 5.28. The Labute approximate surface area is 119 Å². The maximum Gasteiger partial charge on any atom is 0.119 e. The Kier molecular flexibility index (Phi) is 4.02. The van der Waals surface area contributed by atoms with Crippen LogP contribution in [0.15, 0.2) is 36.7 Å². The van der Waals surface area contributed by atoms with E-state index in [1.165, 1.54) is 18.4 Å². The molecule has 0 atom stereocenters. The first-order valence-electron chi connectivity index (χ1n) is 7.21. The smallest absolute Gasteiger partial charge is 0.119 e. The van der Waals surface area contributed by atoms with Gasteiger partial charge in [-0.05, 0) is 36.5 Å². The molecule has 1 aromatic heterocycles. The fourth-order valence-corrected chi connectivity index (χ4v) is 2.78. The maximum atomic E-state index is 5.28. The van der Waals surface area contributed by atoms with Gasteiger partial charge < -0.3 is 15.0 Å². The molecule has 1 fully saturated rings. The van der Waals surface area contributed by atoms with E-state index in [1.807, 2.05) is 12.3 Å².